The highest BCUT2D eigenvalue weighted by molar-refractivity contribution is 5.74. The number of carboxylic acids is 1. The number of amides is 2. The average Bonchev–Trinajstić information content (AvgIpc) is 2.83. The van der Waals surface area contributed by atoms with Crippen molar-refractivity contribution in [1.29, 1.82) is 0 Å². The van der Waals surface area contributed by atoms with Crippen molar-refractivity contribution in [3.8, 4) is 5.75 Å². The molecule has 0 aliphatic rings. The monoisotopic (exact) mass is 474 g/mol. The predicted molar refractivity (Wildman–Crippen MR) is 129 cm³/mol. The molecule has 0 aromatic heterocycles. The molecule has 0 aliphatic carbocycles. The molecule has 34 heavy (non-hydrogen) atoms. The zero-order valence-electron chi connectivity index (χ0n) is 20.0. The molecular formula is C26H35FN2O5. The first-order chi connectivity index (χ1) is 16.4. The molecule has 2 aromatic carbocycles. The number of carboxylic acid groups (broad SMARTS) is 1. The van der Waals surface area contributed by atoms with E-state index in [1.54, 1.807) is 36.1 Å². The van der Waals surface area contributed by atoms with Crippen LogP contribution < -0.4 is 10.1 Å². The fourth-order valence-corrected chi connectivity index (χ4v) is 3.41. The van der Waals surface area contributed by atoms with E-state index in [-0.39, 0.29) is 18.3 Å². The summed E-state index contributed by atoms with van der Waals surface area (Å²) in [6.07, 6.45) is 1.76. The maximum absolute atomic E-state index is 13.1. The van der Waals surface area contributed by atoms with Crippen LogP contribution in [0.4, 0.5) is 9.18 Å². The van der Waals surface area contributed by atoms with Crippen LogP contribution in [0.25, 0.3) is 0 Å². The number of carbonyl (C=O) groups is 2. The van der Waals surface area contributed by atoms with Gasteiger partial charge in [0.15, 0.2) is 6.10 Å². The maximum Gasteiger partial charge on any atom is 0.333 e. The van der Waals surface area contributed by atoms with Gasteiger partial charge in [-0.05, 0) is 61.6 Å². The molecule has 8 heteroatoms. The number of rotatable bonds is 15. The van der Waals surface area contributed by atoms with E-state index in [0.29, 0.717) is 38.6 Å². The maximum atomic E-state index is 13.1. The van der Waals surface area contributed by atoms with Gasteiger partial charge in [0, 0.05) is 26.1 Å². The number of aryl methyl sites for hydroxylation is 1. The van der Waals surface area contributed by atoms with Gasteiger partial charge in [0.05, 0.1) is 6.54 Å². The van der Waals surface area contributed by atoms with Crippen LogP contribution in [0.3, 0.4) is 0 Å². The molecule has 2 aromatic rings. The molecular weight excluding hydrogens is 439 g/mol. The molecule has 2 rings (SSSR count). The topological polar surface area (TPSA) is 88.1 Å². The first-order valence-electron chi connectivity index (χ1n) is 11.8. The van der Waals surface area contributed by atoms with Crippen molar-refractivity contribution in [1.82, 2.24) is 10.2 Å². The Hall–Kier alpha value is -3.13. The molecule has 0 spiro atoms. The number of aliphatic carboxylic acids is 1. The van der Waals surface area contributed by atoms with Crippen LogP contribution in [-0.4, -0.2) is 61.0 Å². The van der Waals surface area contributed by atoms with Gasteiger partial charge in [-0.2, -0.15) is 0 Å². The summed E-state index contributed by atoms with van der Waals surface area (Å²) in [4.78, 5) is 25.5. The van der Waals surface area contributed by atoms with Crippen molar-refractivity contribution in [3.05, 3.63) is 65.5 Å². The van der Waals surface area contributed by atoms with Crippen molar-refractivity contribution in [3.63, 3.8) is 0 Å². The van der Waals surface area contributed by atoms with Crippen molar-refractivity contribution >= 4 is 12.0 Å². The second-order valence-corrected chi connectivity index (χ2v) is 7.93. The van der Waals surface area contributed by atoms with E-state index in [9.17, 15) is 19.1 Å². The number of hydrogen-bond donors (Lipinski definition) is 2. The summed E-state index contributed by atoms with van der Waals surface area (Å²) >= 11 is 0. The zero-order valence-corrected chi connectivity index (χ0v) is 20.0. The molecule has 186 valence electrons. The van der Waals surface area contributed by atoms with Crippen LogP contribution in [0.2, 0.25) is 0 Å². The Bertz CT molecular complexity index is 874. The highest BCUT2D eigenvalue weighted by Crippen LogP contribution is 2.15. The van der Waals surface area contributed by atoms with Gasteiger partial charge in [-0.1, -0.05) is 31.2 Å². The Morgan fingerprint density at radius 3 is 2.32 bits per heavy atom. The van der Waals surface area contributed by atoms with Gasteiger partial charge < -0.3 is 24.8 Å². The Kier molecular flexibility index (Phi) is 11.9. The van der Waals surface area contributed by atoms with E-state index in [2.05, 4.69) is 5.32 Å². The summed E-state index contributed by atoms with van der Waals surface area (Å²) in [7, 11) is 0. The highest BCUT2D eigenvalue weighted by Gasteiger charge is 2.18. The lowest BCUT2D eigenvalue weighted by Crippen LogP contribution is -2.43. The molecule has 0 bridgehead atoms. The molecule has 0 saturated heterocycles. The highest BCUT2D eigenvalue weighted by atomic mass is 19.1. The number of nitrogens with zero attached hydrogens (tertiary/aromatic N) is 1. The number of urea groups is 1. The molecule has 0 aliphatic heterocycles. The van der Waals surface area contributed by atoms with E-state index < -0.39 is 12.1 Å². The summed E-state index contributed by atoms with van der Waals surface area (Å²) in [5.41, 5.74) is 1.87. The van der Waals surface area contributed by atoms with Crippen LogP contribution in [-0.2, 0) is 22.4 Å². The standard InChI is InChI=1S/C26H35FN2O5/c1-3-15-28-26(32)29(16-5-6-20-7-11-22(27)12-8-20)17-18-34-23-13-9-21(10-14-23)19-24(25(30)31)33-4-2/h7-14,24H,3-6,15-19H2,1-2H3,(H,28,32)(H,30,31). The van der Waals surface area contributed by atoms with Gasteiger partial charge in [-0.3, -0.25) is 0 Å². The Balaban J connectivity index is 1.85. The van der Waals surface area contributed by atoms with E-state index in [0.717, 1.165) is 30.4 Å². The summed E-state index contributed by atoms with van der Waals surface area (Å²) in [6, 6.07) is 13.5. The second-order valence-electron chi connectivity index (χ2n) is 7.93. The predicted octanol–water partition coefficient (Wildman–Crippen LogP) is 4.29. The van der Waals surface area contributed by atoms with E-state index >= 15 is 0 Å². The van der Waals surface area contributed by atoms with Gasteiger partial charge in [0.2, 0.25) is 0 Å². The molecule has 1 unspecified atom stereocenters. The van der Waals surface area contributed by atoms with Crippen molar-refractivity contribution < 1.29 is 28.6 Å². The van der Waals surface area contributed by atoms with Crippen molar-refractivity contribution in [2.45, 2.75) is 45.6 Å². The Labute approximate surface area is 200 Å². The molecule has 1 atom stereocenters. The molecule has 0 radical (unpaired) electrons. The van der Waals surface area contributed by atoms with Crippen LogP contribution >= 0.6 is 0 Å². The summed E-state index contributed by atoms with van der Waals surface area (Å²) in [6.45, 7) is 6.01. The molecule has 0 saturated carbocycles. The number of benzene rings is 2. The largest absolute Gasteiger partial charge is 0.492 e. The first kappa shape index (κ1) is 27.1. The van der Waals surface area contributed by atoms with E-state index in [4.69, 9.17) is 9.47 Å². The van der Waals surface area contributed by atoms with Gasteiger partial charge in [-0.25, -0.2) is 14.0 Å². The number of nitrogens with one attached hydrogen (secondary N) is 1. The molecule has 7 nitrogen and oxygen atoms in total. The third kappa shape index (κ3) is 9.79. The van der Waals surface area contributed by atoms with Crippen molar-refractivity contribution in [2.75, 3.05) is 32.8 Å². The van der Waals surface area contributed by atoms with Crippen LogP contribution in [0.5, 0.6) is 5.75 Å². The third-order valence-electron chi connectivity index (χ3n) is 5.24. The number of halogens is 1. The quantitative estimate of drug-likeness (QED) is 0.402. The molecule has 0 heterocycles. The summed E-state index contributed by atoms with van der Waals surface area (Å²) in [5.74, 6) is -0.596. The van der Waals surface area contributed by atoms with Gasteiger partial charge in [-0.15, -0.1) is 0 Å². The van der Waals surface area contributed by atoms with Crippen molar-refractivity contribution in [2.24, 2.45) is 0 Å². The molecule has 0 fully saturated rings. The summed E-state index contributed by atoms with van der Waals surface area (Å²) in [5, 5.41) is 12.1. The third-order valence-corrected chi connectivity index (χ3v) is 5.24. The number of ether oxygens (including phenoxy) is 2. The lowest BCUT2D eigenvalue weighted by atomic mass is 10.1. The molecule has 2 amide bonds. The zero-order chi connectivity index (χ0) is 24.8. The average molecular weight is 475 g/mol. The minimum absolute atomic E-state index is 0.129. The van der Waals surface area contributed by atoms with E-state index in [1.807, 2.05) is 19.1 Å². The normalized spacial score (nSPS) is 11.6. The second kappa shape index (κ2) is 14.9. The lowest BCUT2D eigenvalue weighted by Gasteiger charge is -2.23. The number of hydrogen-bond acceptors (Lipinski definition) is 4. The lowest BCUT2D eigenvalue weighted by molar-refractivity contribution is -0.149. The fourth-order valence-electron chi connectivity index (χ4n) is 3.41. The minimum atomic E-state index is -0.983. The molecule has 2 N–H and O–H groups in total. The first-order valence-corrected chi connectivity index (χ1v) is 11.8. The summed E-state index contributed by atoms with van der Waals surface area (Å²) < 4.78 is 24.1. The van der Waals surface area contributed by atoms with Crippen LogP contribution in [0.1, 0.15) is 37.8 Å². The van der Waals surface area contributed by atoms with Crippen LogP contribution in [0.15, 0.2) is 48.5 Å². The van der Waals surface area contributed by atoms with E-state index in [1.165, 1.54) is 12.1 Å². The van der Waals surface area contributed by atoms with Gasteiger partial charge in [0.1, 0.15) is 18.2 Å². The Morgan fingerprint density at radius 1 is 1.03 bits per heavy atom. The van der Waals surface area contributed by atoms with Gasteiger partial charge in [0.25, 0.3) is 0 Å². The fraction of sp³-hybridized carbons (Fsp3) is 0.462. The van der Waals surface area contributed by atoms with Gasteiger partial charge >= 0.3 is 12.0 Å². The SMILES string of the molecule is CCCNC(=O)N(CCCc1ccc(F)cc1)CCOc1ccc(CC(OCC)C(=O)O)cc1. The Morgan fingerprint density at radius 2 is 1.71 bits per heavy atom. The number of carbonyl (C=O) groups excluding carboxylic acids is 1. The minimum Gasteiger partial charge on any atom is -0.492 e. The smallest absolute Gasteiger partial charge is 0.333 e. The van der Waals surface area contributed by atoms with Crippen LogP contribution in [0, 0.1) is 5.82 Å².